The molecule has 2 N–H and O–H groups in total. The van der Waals surface area contributed by atoms with E-state index in [0.29, 0.717) is 18.9 Å². The quantitative estimate of drug-likeness (QED) is 0.515. The Labute approximate surface area is 185 Å². The van der Waals surface area contributed by atoms with Crippen molar-refractivity contribution in [3.05, 3.63) is 100 Å². The second-order valence-electron chi connectivity index (χ2n) is 6.79. The Bertz CT molecular complexity index is 1040. The number of para-hydroxylation sites is 1. The SMILES string of the molecule is O=C(CCNC(=O)c1ccc(F)cc1Cl)NCc1ccccc1OCc1ccccc1. The first-order chi connectivity index (χ1) is 15.0. The minimum atomic E-state index is -0.519. The third-order valence-corrected chi connectivity index (χ3v) is 4.81. The first-order valence-corrected chi connectivity index (χ1v) is 10.2. The second kappa shape index (κ2) is 11.1. The normalized spacial score (nSPS) is 10.4. The van der Waals surface area contributed by atoms with E-state index in [1.54, 1.807) is 0 Å². The van der Waals surface area contributed by atoms with Gasteiger partial charge >= 0.3 is 0 Å². The van der Waals surface area contributed by atoms with Crippen LogP contribution >= 0.6 is 11.6 Å². The second-order valence-corrected chi connectivity index (χ2v) is 7.20. The van der Waals surface area contributed by atoms with Crippen LogP contribution in [0.2, 0.25) is 5.02 Å². The summed E-state index contributed by atoms with van der Waals surface area (Å²) in [5, 5.41) is 5.45. The molecule has 3 aromatic rings. The summed E-state index contributed by atoms with van der Waals surface area (Å²) in [6.45, 7) is 0.871. The molecule has 0 radical (unpaired) electrons. The number of carbonyl (C=O) groups is 2. The Hall–Kier alpha value is -3.38. The molecule has 0 aliphatic heterocycles. The zero-order valence-corrected chi connectivity index (χ0v) is 17.5. The van der Waals surface area contributed by atoms with E-state index in [9.17, 15) is 14.0 Å². The monoisotopic (exact) mass is 440 g/mol. The number of hydrogen-bond acceptors (Lipinski definition) is 3. The number of hydrogen-bond donors (Lipinski definition) is 2. The van der Waals surface area contributed by atoms with Crippen LogP contribution in [0.15, 0.2) is 72.8 Å². The van der Waals surface area contributed by atoms with E-state index in [1.165, 1.54) is 6.07 Å². The van der Waals surface area contributed by atoms with Crippen molar-refractivity contribution in [2.75, 3.05) is 6.54 Å². The summed E-state index contributed by atoms with van der Waals surface area (Å²) in [4.78, 5) is 24.3. The lowest BCUT2D eigenvalue weighted by Gasteiger charge is -2.12. The van der Waals surface area contributed by atoms with Gasteiger partial charge in [0.2, 0.25) is 5.91 Å². The molecule has 3 rings (SSSR count). The molecular weight excluding hydrogens is 419 g/mol. The molecule has 0 saturated carbocycles. The van der Waals surface area contributed by atoms with Crippen molar-refractivity contribution in [1.82, 2.24) is 10.6 Å². The molecule has 0 unspecified atom stereocenters. The van der Waals surface area contributed by atoms with Crippen LogP contribution in [0, 0.1) is 5.82 Å². The highest BCUT2D eigenvalue weighted by Gasteiger charge is 2.12. The van der Waals surface area contributed by atoms with Crippen LogP contribution in [0.25, 0.3) is 0 Å². The van der Waals surface area contributed by atoms with Gasteiger partial charge in [0, 0.05) is 25.1 Å². The van der Waals surface area contributed by atoms with Gasteiger partial charge < -0.3 is 15.4 Å². The summed E-state index contributed by atoms with van der Waals surface area (Å²) in [5.74, 6) is -0.499. The predicted octanol–water partition coefficient (Wildman–Crippen LogP) is 4.49. The molecule has 0 saturated heterocycles. The first kappa shape index (κ1) is 22.3. The van der Waals surface area contributed by atoms with Crippen molar-refractivity contribution in [2.24, 2.45) is 0 Å². The highest BCUT2D eigenvalue weighted by Crippen LogP contribution is 2.19. The van der Waals surface area contributed by atoms with Gasteiger partial charge in [-0.15, -0.1) is 0 Å². The molecule has 3 aromatic carbocycles. The molecule has 0 bridgehead atoms. The fourth-order valence-electron chi connectivity index (χ4n) is 2.87. The van der Waals surface area contributed by atoms with E-state index in [2.05, 4.69) is 10.6 Å². The van der Waals surface area contributed by atoms with Crippen molar-refractivity contribution in [3.63, 3.8) is 0 Å². The molecule has 0 fully saturated rings. The summed E-state index contributed by atoms with van der Waals surface area (Å²) in [6.07, 6.45) is 0.0948. The summed E-state index contributed by atoms with van der Waals surface area (Å²) in [5.41, 5.74) is 2.07. The number of carbonyl (C=O) groups excluding carboxylic acids is 2. The minimum Gasteiger partial charge on any atom is -0.489 e. The maximum absolute atomic E-state index is 13.1. The first-order valence-electron chi connectivity index (χ1n) is 9.77. The number of benzene rings is 3. The van der Waals surface area contributed by atoms with Crippen molar-refractivity contribution < 1.29 is 18.7 Å². The molecular formula is C24H22ClFN2O3. The molecule has 0 heterocycles. The largest absolute Gasteiger partial charge is 0.489 e. The summed E-state index contributed by atoms with van der Waals surface area (Å²) < 4.78 is 19.0. The molecule has 31 heavy (non-hydrogen) atoms. The van der Waals surface area contributed by atoms with Gasteiger partial charge in [-0.1, -0.05) is 60.1 Å². The number of rotatable bonds is 9. The lowest BCUT2D eigenvalue weighted by Crippen LogP contribution is -2.30. The van der Waals surface area contributed by atoms with Crippen molar-refractivity contribution in [3.8, 4) is 5.75 Å². The number of nitrogens with one attached hydrogen (secondary N) is 2. The van der Waals surface area contributed by atoms with Crippen LogP contribution in [-0.2, 0) is 17.9 Å². The average Bonchev–Trinajstić information content (AvgIpc) is 2.77. The topological polar surface area (TPSA) is 67.4 Å². The van der Waals surface area contributed by atoms with E-state index in [4.69, 9.17) is 16.3 Å². The predicted molar refractivity (Wildman–Crippen MR) is 117 cm³/mol. The summed E-state index contributed by atoms with van der Waals surface area (Å²) in [7, 11) is 0. The Morgan fingerprint density at radius 1 is 0.935 bits per heavy atom. The highest BCUT2D eigenvalue weighted by molar-refractivity contribution is 6.33. The fourth-order valence-corrected chi connectivity index (χ4v) is 3.12. The van der Waals surface area contributed by atoms with Crippen molar-refractivity contribution in [2.45, 2.75) is 19.6 Å². The third-order valence-electron chi connectivity index (χ3n) is 4.50. The number of amides is 2. The zero-order chi connectivity index (χ0) is 22.1. The van der Waals surface area contributed by atoms with Crippen LogP contribution in [0.4, 0.5) is 4.39 Å². The van der Waals surface area contributed by atoms with E-state index in [-0.39, 0.29) is 29.5 Å². The van der Waals surface area contributed by atoms with Gasteiger partial charge in [0.25, 0.3) is 5.91 Å². The van der Waals surface area contributed by atoms with Crippen LogP contribution in [0.5, 0.6) is 5.75 Å². The van der Waals surface area contributed by atoms with Crippen LogP contribution < -0.4 is 15.4 Å². The van der Waals surface area contributed by atoms with E-state index in [1.807, 2.05) is 54.6 Å². The van der Waals surface area contributed by atoms with Crippen molar-refractivity contribution >= 4 is 23.4 Å². The van der Waals surface area contributed by atoms with E-state index < -0.39 is 11.7 Å². The third kappa shape index (κ3) is 6.83. The van der Waals surface area contributed by atoms with Gasteiger partial charge in [-0.2, -0.15) is 0 Å². The molecule has 5 nitrogen and oxygen atoms in total. The maximum Gasteiger partial charge on any atom is 0.252 e. The number of halogens is 2. The van der Waals surface area contributed by atoms with Gasteiger partial charge in [0.05, 0.1) is 10.6 Å². The Balaban J connectivity index is 1.45. The molecule has 7 heteroatoms. The average molecular weight is 441 g/mol. The molecule has 160 valence electrons. The molecule has 0 aliphatic carbocycles. The fraction of sp³-hybridized carbons (Fsp3) is 0.167. The van der Waals surface area contributed by atoms with E-state index in [0.717, 1.165) is 23.3 Å². The standard InChI is InChI=1S/C24H22ClFN2O3/c25-21-14-19(26)10-11-20(21)24(30)27-13-12-23(29)28-15-18-8-4-5-9-22(18)31-16-17-6-2-1-3-7-17/h1-11,14H,12-13,15-16H2,(H,27,30)(H,28,29). The Morgan fingerprint density at radius 3 is 2.45 bits per heavy atom. The van der Waals surface area contributed by atoms with Gasteiger partial charge in [-0.05, 0) is 29.8 Å². The number of ether oxygens (including phenoxy) is 1. The summed E-state index contributed by atoms with van der Waals surface area (Å²) >= 11 is 5.87. The zero-order valence-electron chi connectivity index (χ0n) is 16.7. The van der Waals surface area contributed by atoms with Gasteiger partial charge in [-0.3, -0.25) is 9.59 Å². The maximum atomic E-state index is 13.1. The lowest BCUT2D eigenvalue weighted by molar-refractivity contribution is -0.121. The van der Waals surface area contributed by atoms with Crippen LogP contribution in [-0.4, -0.2) is 18.4 Å². The molecule has 2 amide bonds. The highest BCUT2D eigenvalue weighted by atomic mass is 35.5. The summed E-state index contributed by atoms with van der Waals surface area (Å²) in [6, 6.07) is 20.9. The van der Waals surface area contributed by atoms with Crippen molar-refractivity contribution in [1.29, 1.82) is 0 Å². The minimum absolute atomic E-state index is 0.0223. The molecule has 0 atom stereocenters. The van der Waals surface area contributed by atoms with Crippen LogP contribution in [0.1, 0.15) is 27.9 Å². The van der Waals surface area contributed by atoms with Gasteiger partial charge in [0.15, 0.2) is 0 Å². The molecule has 0 aliphatic rings. The van der Waals surface area contributed by atoms with Gasteiger partial charge in [-0.25, -0.2) is 4.39 Å². The van der Waals surface area contributed by atoms with E-state index >= 15 is 0 Å². The Kier molecular flexibility index (Phi) is 8.01. The van der Waals surface area contributed by atoms with Gasteiger partial charge in [0.1, 0.15) is 18.2 Å². The smallest absolute Gasteiger partial charge is 0.252 e. The van der Waals surface area contributed by atoms with Crippen LogP contribution in [0.3, 0.4) is 0 Å². The molecule has 0 aromatic heterocycles. The Morgan fingerprint density at radius 2 is 1.68 bits per heavy atom. The lowest BCUT2D eigenvalue weighted by atomic mass is 10.2. The molecule has 0 spiro atoms.